The quantitative estimate of drug-likeness (QED) is 0.688. The van der Waals surface area contributed by atoms with E-state index in [1.807, 2.05) is 32.9 Å². The number of rotatable bonds is 7. The molecule has 7 nitrogen and oxygen atoms in total. The summed E-state index contributed by atoms with van der Waals surface area (Å²) in [4.78, 5) is 39.9. The highest BCUT2D eigenvalue weighted by atomic mass is 16.5. The first kappa shape index (κ1) is 22.3. The zero-order valence-electron chi connectivity index (χ0n) is 18.3. The van der Waals surface area contributed by atoms with Crippen LogP contribution in [0.3, 0.4) is 0 Å². The molecular formula is C24H28N2O5. The summed E-state index contributed by atoms with van der Waals surface area (Å²) < 4.78 is 11.0. The van der Waals surface area contributed by atoms with Crippen molar-refractivity contribution in [2.45, 2.75) is 39.3 Å². The first-order chi connectivity index (χ1) is 14.8. The Hall–Kier alpha value is -3.35. The van der Waals surface area contributed by atoms with E-state index in [9.17, 15) is 14.4 Å². The van der Waals surface area contributed by atoms with Gasteiger partial charge in [0.15, 0.2) is 0 Å². The van der Waals surface area contributed by atoms with Crippen molar-refractivity contribution in [3.63, 3.8) is 0 Å². The number of anilines is 1. The van der Waals surface area contributed by atoms with Crippen LogP contribution in [0.15, 0.2) is 48.5 Å². The van der Waals surface area contributed by atoms with Gasteiger partial charge in [0.1, 0.15) is 5.75 Å². The molecule has 2 unspecified atom stereocenters. The number of nitrogens with zero attached hydrogens (tertiary/aromatic N) is 1. The third kappa shape index (κ3) is 5.23. The summed E-state index contributed by atoms with van der Waals surface area (Å²) in [6, 6.07) is 14.3. The van der Waals surface area contributed by atoms with Crippen LogP contribution in [0.2, 0.25) is 0 Å². The number of amides is 2. The molecule has 1 saturated heterocycles. The van der Waals surface area contributed by atoms with Crippen molar-refractivity contribution in [1.82, 2.24) is 4.90 Å². The monoisotopic (exact) mass is 424 g/mol. The molecule has 31 heavy (non-hydrogen) atoms. The van der Waals surface area contributed by atoms with E-state index in [1.165, 1.54) is 7.11 Å². The number of hydrogen-bond donors (Lipinski definition) is 1. The summed E-state index contributed by atoms with van der Waals surface area (Å²) >= 11 is 0. The van der Waals surface area contributed by atoms with Gasteiger partial charge >= 0.3 is 5.97 Å². The second-order valence-corrected chi connectivity index (χ2v) is 7.96. The van der Waals surface area contributed by atoms with Crippen molar-refractivity contribution in [2.75, 3.05) is 19.0 Å². The minimum absolute atomic E-state index is 0.00676. The summed E-state index contributed by atoms with van der Waals surface area (Å²) in [6.45, 7) is 6.01. The normalized spacial score (nSPS) is 16.9. The van der Waals surface area contributed by atoms with Crippen LogP contribution < -0.4 is 10.1 Å². The van der Waals surface area contributed by atoms with Crippen LogP contribution in [0.5, 0.6) is 5.75 Å². The van der Waals surface area contributed by atoms with Crippen molar-refractivity contribution in [3.8, 4) is 5.75 Å². The Bertz CT molecular complexity index is 958. The SMILES string of the molecule is COc1ccc(C)cc1NC(=O)C(OC(=O)C1CC(=O)N(C(C)C)C1)c1ccccc1. The van der Waals surface area contributed by atoms with Gasteiger partial charge in [0.2, 0.25) is 12.0 Å². The molecule has 2 aromatic rings. The average Bonchev–Trinajstić information content (AvgIpc) is 3.14. The van der Waals surface area contributed by atoms with Gasteiger partial charge in [-0.2, -0.15) is 0 Å². The third-order valence-corrected chi connectivity index (χ3v) is 5.30. The van der Waals surface area contributed by atoms with E-state index in [4.69, 9.17) is 9.47 Å². The first-order valence-electron chi connectivity index (χ1n) is 10.3. The summed E-state index contributed by atoms with van der Waals surface area (Å²) in [5, 5.41) is 2.81. The fourth-order valence-electron chi connectivity index (χ4n) is 3.62. The summed E-state index contributed by atoms with van der Waals surface area (Å²) in [6.07, 6.45) is -1.06. The van der Waals surface area contributed by atoms with Crippen LogP contribution in [0, 0.1) is 12.8 Å². The zero-order chi connectivity index (χ0) is 22.5. The number of carbonyl (C=O) groups excluding carboxylic acids is 3. The molecule has 2 amide bonds. The first-order valence-corrected chi connectivity index (χ1v) is 10.3. The van der Waals surface area contributed by atoms with E-state index in [0.717, 1.165) is 5.56 Å². The van der Waals surface area contributed by atoms with Crippen LogP contribution >= 0.6 is 0 Å². The molecule has 0 aromatic heterocycles. The number of ether oxygens (including phenoxy) is 2. The molecule has 1 heterocycles. The second kappa shape index (κ2) is 9.64. The molecule has 1 fully saturated rings. The van der Waals surface area contributed by atoms with Gasteiger partial charge in [-0.3, -0.25) is 14.4 Å². The standard InChI is InChI=1S/C24H28N2O5/c1-15(2)26-14-18(13-21(26)27)24(29)31-22(17-8-6-5-7-9-17)23(28)25-19-12-16(3)10-11-20(19)30-4/h5-12,15,18,22H,13-14H2,1-4H3,(H,25,28). The molecular weight excluding hydrogens is 396 g/mol. The second-order valence-electron chi connectivity index (χ2n) is 7.96. The van der Waals surface area contributed by atoms with Crippen LogP contribution in [-0.4, -0.2) is 42.4 Å². The van der Waals surface area contributed by atoms with Crippen molar-refractivity contribution < 1.29 is 23.9 Å². The minimum atomic E-state index is -1.15. The van der Waals surface area contributed by atoms with Gasteiger partial charge in [-0.25, -0.2) is 0 Å². The number of carbonyl (C=O) groups is 3. The lowest BCUT2D eigenvalue weighted by Gasteiger charge is -2.22. The highest BCUT2D eigenvalue weighted by molar-refractivity contribution is 5.97. The maximum Gasteiger partial charge on any atom is 0.312 e. The van der Waals surface area contributed by atoms with Gasteiger partial charge in [0.25, 0.3) is 5.91 Å². The molecule has 1 aliphatic heterocycles. The lowest BCUT2D eigenvalue weighted by atomic mass is 10.1. The molecule has 0 bridgehead atoms. The predicted molar refractivity (Wildman–Crippen MR) is 117 cm³/mol. The van der Waals surface area contributed by atoms with Crippen LogP contribution in [0.25, 0.3) is 0 Å². The van der Waals surface area contributed by atoms with E-state index in [-0.39, 0.29) is 18.4 Å². The Kier molecular flexibility index (Phi) is 6.95. The number of hydrogen-bond acceptors (Lipinski definition) is 5. The van der Waals surface area contributed by atoms with E-state index < -0.39 is 23.9 Å². The van der Waals surface area contributed by atoms with Gasteiger partial charge in [-0.15, -0.1) is 0 Å². The lowest BCUT2D eigenvalue weighted by Crippen LogP contribution is -2.33. The number of nitrogens with one attached hydrogen (secondary N) is 1. The van der Waals surface area contributed by atoms with Crippen molar-refractivity contribution in [3.05, 3.63) is 59.7 Å². The molecule has 0 saturated carbocycles. The highest BCUT2D eigenvalue weighted by Crippen LogP contribution is 2.29. The molecule has 1 aliphatic rings. The largest absolute Gasteiger partial charge is 0.495 e. The molecule has 2 atom stereocenters. The fourth-order valence-corrected chi connectivity index (χ4v) is 3.62. The number of methoxy groups -OCH3 is 1. The predicted octanol–water partition coefficient (Wildman–Crippen LogP) is 3.48. The molecule has 0 aliphatic carbocycles. The smallest absolute Gasteiger partial charge is 0.312 e. The van der Waals surface area contributed by atoms with Crippen LogP contribution in [0.4, 0.5) is 5.69 Å². The Balaban J connectivity index is 1.81. The summed E-state index contributed by atoms with van der Waals surface area (Å²) in [5.74, 6) is -1.22. The molecule has 0 spiro atoms. The Morgan fingerprint density at radius 1 is 1.13 bits per heavy atom. The van der Waals surface area contributed by atoms with Crippen LogP contribution in [0.1, 0.15) is 37.5 Å². The van der Waals surface area contributed by atoms with Gasteiger partial charge in [0, 0.05) is 24.6 Å². The van der Waals surface area contributed by atoms with Gasteiger partial charge in [0.05, 0.1) is 18.7 Å². The fraction of sp³-hybridized carbons (Fsp3) is 0.375. The zero-order valence-corrected chi connectivity index (χ0v) is 18.3. The topological polar surface area (TPSA) is 84.9 Å². The summed E-state index contributed by atoms with van der Waals surface area (Å²) in [7, 11) is 1.52. The maximum atomic E-state index is 13.2. The van der Waals surface area contributed by atoms with Crippen molar-refractivity contribution >= 4 is 23.5 Å². The Labute approximate surface area is 182 Å². The van der Waals surface area contributed by atoms with Crippen LogP contribution in [-0.2, 0) is 19.1 Å². The van der Waals surface area contributed by atoms with Crippen molar-refractivity contribution in [1.29, 1.82) is 0 Å². The maximum absolute atomic E-state index is 13.2. The average molecular weight is 424 g/mol. The third-order valence-electron chi connectivity index (χ3n) is 5.30. The van der Waals surface area contributed by atoms with Gasteiger partial charge in [-0.05, 0) is 38.5 Å². The number of aryl methyl sites for hydroxylation is 1. The molecule has 0 radical (unpaired) electrons. The van der Waals surface area contributed by atoms with E-state index in [0.29, 0.717) is 23.5 Å². The Morgan fingerprint density at radius 2 is 1.84 bits per heavy atom. The Morgan fingerprint density at radius 3 is 2.45 bits per heavy atom. The minimum Gasteiger partial charge on any atom is -0.495 e. The van der Waals surface area contributed by atoms with Gasteiger partial charge in [-0.1, -0.05) is 36.4 Å². The molecule has 3 rings (SSSR count). The van der Waals surface area contributed by atoms with E-state index >= 15 is 0 Å². The molecule has 1 N–H and O–H groups in total. The number of esters is 1. The molecule has 7 heteroatoms. The number of benzene rings is 2. The molecule has 164 valence electrons. The van der Waals surface area contributed by atoms with Gasteiger partial charge < -0.3 is 19.7 Å². The lowest BCUT2D eigenvalue weighted by molar-refractivity contribution is -0.158. The molecule has 2 aromatic carbocycles. The van der Waals surface area contributed by atoms with E-state index in [1.54, 1.807) is 41.3 Å². The summed E-state index contributed by atoms with van der Waals surface area (Å²) in [5.41, 5.74) is 1.99. The number of likely N-dealkylation sites (tertiary alicyclic amines) is 1. The van der Waals surface area contributed by atoms with E-state index in [2.05, 4.69) is 5.32 Å². The van der Waals surface area contributed by atoms with Crippen molar-refractivity contribution in [2.24, 2.45) is 5.92 Å². The highest BCUT2D eigenvalue weighted by Gasteiger charge is 2.38.